The van der Waals surface area contributed by atoms with E-state index in [9.17, 15) is 18.4 Å². The smallest absolute Gasteiger partial charge is 0.276 e. The largest absolute Gasteiger partial charge is 0.369 e. The minimum Gasteiger partial charge on any atom is -0.369 e. The van der Waals surface area contributed by atoms with Gasteiger partial charge in [-0.15, -0.1) is 0 Å². The van der Waals surface area contributed by atoms with E-state index in [1.54, 1.807) is 0 Å². The van der Waals surface area contributed by atoms with E-state index in [4.69, 9.17) is 0 Å². The number of anilines is 2. The highest BCUT2D eigenvalue weighted by molar-refractivity contribution is 6.09. The molecule has 0 spiro atoms. The van der Waals surface area contributed by atoms with E-state index in [1.165, 1.54) is 18.6 Å². The van der Waals surface area contributed by atoms with Crippen LogP contribution >= 0.6 is 0 Å². The highest BCUT2D eigenvalue weighted by Crippen LogP contribution is 2.49. The number of halogens is 2. The van der Waals surface area contributed by atoms with Crippen molar-refractivity contribution in [3.05, 3.63) is 76.3 Å². The van der Waals surface area contributed by atoms with E-state index in [1.807, 2.05) is 23.0 Å². The third kappa shape index (κ3) is 3.64. The molecule has 36 heavy (non-hydrogen) atoms. The van der Waals surface area contributed by atoms with Gasteiger partial charge in [0.2, 0.25) is 0 Å². The minimum atomic E-state index is -0.954. The van der Waals surface area contributed by atoms with Crippen LogP contribution in [0.2, 0.25) is 0 Å². The second-order valence-electron chi connectivity index (χ2n) is 9.73. The Bertz CT molecular complexity index is 1550. The average Bonchev–Trinajstić information content (AvgIpc) is 3.23. The highest BCUT2D eigenvalue weighted by atomic mass is 19.1. The normalized spacial score (nSPS) is 18.6. The second kappa shape index (κ2) is 8.25. The molecule has 10 heteroatoms. The standard InChI is InChI=1S/C26H24F2N6O2/c1-14(2)33-22-8-6-20(24(17(22)11-29-33)32-12-15-10-16(15)13-32)30-26(36)21-7-9-23(35)34(31-21)25-18(27)4-3-5-19(25)28/h3-9,11,14-16H,10,12-13H2,1-2H3,(H,30,36). The third-order valence-corrected chi connectivity index (χ3v) is 6.97. The molecule has 1 amide bonds. The first-order chi connectivity index (χ1) is 17.3. The molecule has 1 saturated heterocycles. The van der Waals surface area contributed by atoms with Crippen LogP contribution in [0.1, 0.15) is 36.8 Å². The molecule has 1 aliphatic carbocycles. The lowest BCUT2D eigenvalue weighted by molar-refractivity contribution is 0.102. The molecule has 2 aromatic heterocycles. The van der Waals surface area contributed by atoms with Crippen LogP contribution in [0.15, 0.2) is 53.5 Å². The molecule has 2 aliphatic rings. The summed E-state index contributed by atoms with van der Waals surface area (Å²) in [6.07, 6.45) is 3.06. The fraction of sp³-hybridized carbons (Fsp3) is 0.308. The van der Waals surface area contributed by atoms with Crippen LogP contribution in [0.5, 0.6) is 0 Å². The van der Waals surface area contributed by atoms with E-state index in [2.05, 4.69) is 34.3 Å². The number of benzene rings is 2. The zero-order valence-electron chi connectivity index (χ0n) is 19.8. The Hall–Kier alpha value is -4.08. The number of amides is 1. The van der Waals surface area contributed by atoms with Gasteiger partial charge in [-0.1, -0.05) is 6.07 Å². The molecular formula is C26H24F2N6O2. The van der Waals surface area contributed by atoms with Crippen molar-refractivity contribution in [1.82, 2.24) is 19.6 Å². The molecule has 184 valence electrons. The first kappa shape index (κ1) is 22.4. The maximum atomic E-state index is 14.3. The molecule has 2 atom stereocenters. The Balaban J connectivity index is 1.39. The van der Waals surface area contributed by atoms with Gasteiger partial charge in [0.1, 0.15) is 11.4 Å². The molecule has 1 saturated carbocycles. The number of piperidine rings is 1. The van der Waals surface area contributed by atoms with Crippen molar-refractivity contribution in [2.75, 3.05) is 23.3 Å². The predicted octanol–water partition coefficient (Wildman–Crippen LogP) is 4.15. The number of hydrogen-bond donors (Lipinski definition) is 1. The van der Waals surface area contributed by atoms with Crippen LogP contribution in [-0.4, -0.2) is 38.6 Å². The Morgan fingerprint density at radius 1 is 1.03 bits per heavy atom. The molecule has 2 aromatic carbocycles. The fourth-order valence-electron chi connectivity index (χ4n) is 5.11. The van der Waals surface area contributed by atoms with E-state index < -0.39 is 28.8 Å². The number of nitrogens with one attached hydrogen (secondary N) is 1. The Labute approximate surface area is 205 Å². The summed E-state index contributed by atoms with van der Waals surface area (Å²) in [5.74, 6) is -1.16. The van der Waals surface area contributed by atoms with Crippen LogP contribution in [0, 0.1) is 23.5 Å². The van der Waals surface area contributed by atoms with Crippen LogP contribution in [0.25, 0.3) is 16.6 Å². The average molecular weight is 491 g/mol. The Morgan fingerprint density at radius 3 is 2.44 bits per heavy atom. The summed E-state index contributed by atoms with van der Waals surface area (Å²) in [4.78, 5) is 27.9. The maximum absolute atomic E-state index is 14.3. The van der Waals surface area contributed by atoms with Gasteiger partial charge in [-0.2, -0.15) is 14.9 Å². The summed E-state index contributed by atoms with van der Waals surface area (Å²) >= 11 is 0. The Kier molecular flexibility index (Phi) is 5.13. The molecule has 2 unspecified atom stereocenters. The molecule has 2 fully saturated rings. The number of hydrogen-bond acceptors (Lipinski definition) is 5. The summed E-state index contributed by atoms with van der Waals surface area (Å²) in [5, 5.41) is 12.4. The number of para-hydroxylation sites is 1. The number of aromatic nitrogens is 4. The number of fused-ring (bicyclic) bond motifs is 2. The molecule has 8 nitrogen and oxygen atoms in total. The monoisotopic (exact) mass is 490 g/mol. The van der Waals surface area contributed by atoms with E-state index in [0.717, 1.165) is 47.9 Å². The lowest BCUT2D eigenvalue weighted by atomic mass is 10.1. The molecule has 0 bridgehead atoms. The summed E-state index contributed by atoms with van der Waals surface area (Å²) in [6, 6.07) is 9.49. The van der Waals surface area contributed by atoms with Crippen molar-refractivity contribution in [2.24, 2.45) is 11.8 Å². The quantitative estimate of drug-likeness (QED) is 0.454. The first-order valence-corrected chi connectivity index (χ1v) is 11.9. The van der Waals surface area contributed by atoms with E-state index in [-0.39, 0.29) is 11.7 Å². The van der Waals surface area contributed by atoms with Gasteiger partial charge in [-0.3, -0.25) is 14.3 Å². The predicted molar refractivity (Wildman–Crippen MR) is 132 cm³/mol. The number of carbonyl (C=O) groups is 1. The van der Waals surface area contributed by atoms with Crippen molar-refractivity contribution in [3.63, 3.8) is 0 Å². The lowest BCUT2D eigenvalue weighted by Crippen LogP contribution is -2.27. The van der Waals surface area contributed by atoms with Crippen molar-refractivity contribution in [1.29, 1.82) is 0 Å². The van der Waals surface area contributed by atoms with Crippen molar-refractivity contribution in [3.8, 4) is 5.69 Å². The summed E-state index contributed by atoms with van der Waals surface area (Å²) in [6.45, 7) is 5.95. The van der Waals surface area contributed by atoms with Gasteiger partial charge in [0, 0.05) is 30.6 Å². The molecule has 1 N–H and O–H groups in total. The maximum Gasteiger partial charge on any atom is 0.276 e. The van der Waals surface area contributed by atoms with Crippen LogP contribution < -0.4 is 15.8 Å². The van der Waals surface area contributed by atoms with Crippen molar-refractivity contribution in [2.45, 2.75) is 26.3 Å². The van der Waals surface area contributed by atoms with Gasteiger partial charge in [-0.25, -0.2) is 8.78 Å². The van der Waals surface area contributed by atoms with Crippen LogP contribution in [0.4, 0.5) is 20.2 Å². The number of rotatable bonds is 5. The number of nitrogens with zero attached hydrogens (tertiary/aromatic N) is 5. The van der Waals surface area contributed by atoms with Gasteiger partial charge in [0.05, 0.1) is 23.1 Å². The first-order valence-electron chi connectivity index (χ1n) is 11.9. The molecule has 4 aromatic rings. The summed E-state index contributed by atoms with van der Waals surface area (Å²) in [7, 11) is 0. The molecule has 1 aliphatic heterocycles. The lowest BCUT2D eigenvalue weighted by Gasteiger charge is -2.25. The molecule has 3 heterocycles. The fourth-order valence-corrected chi connectivity index (χ4v) is 5.11. The van der Waals surface area contributed by atoms with E-state index >= 15 is 0 Å². The zero-order valence-corrected chi connectivity index (χ0v) is 19.8. The molecule has 0 radical (unpaired) electrons. The SMILES string of the molecule is CC(C)n1ncc2c(N3CC4CC4C3)c(NC(=O)c3ccc(=O)n(-c4c(F)cccc4F)n3)ccc21. The number of carbonyl (C=O) groups excluding carboxylic acids is 1. The summed E-state index contributed by atoms with van der Waals surface area (Å²) < 4.78 is 31.1. The minimum absolute atomic E-state index is 0.148. The second-order valence-corrected chi connectivity index (χ2v) is 9.73. The van der Waals surface area contributed by atoms with Gasteiger partial charge in [0.15, 0.2) is 11.6 Å². The molecule has 6 rings (SSSR count). The van der Waals surface area contributed by atoms with Crippen molar-refractivity contribution < 1.29 is 13.6 Å². The van der Waals surface area contributed by atoms with Gasteiger partial charge >= 0.3 is 0 Å². The van der Waals surface area contributed by atoms with E-state index in [0.29, 0.717) is 22.2 Å². The Morgan fingerprint density at radius 2 is 1.75 bits per heavy atom. The van der Waals surface area contributed by atoms with Gasteiger partial charge < -0.3 is 10.2 Å². The molecular weight excluding hydrogens is 466 g/mol. The zero-order chi connectivity index (χ0) is 25.1. The van der Waals surface area contributed by atoms with Gasteiger partial charge in [-0.05, 0) is 62.4 Å². The van der Waals surface area contributed by atoms with Crippen LogP contribution in [-0.2, 0) is 0 Å². The summed E-state index contributed by atoms with van der Waals surface area (Å²) in [5.41, 5.74) is 0.930. The third-order valence-electron chi connectivity index (χ3n) is 6.97. The van der Waals surface area contributed by atoms with Crippen LogP contribution in [0.3, 0.4) is 0 Å². The van der Waals surface area contributed by atoms with Crippen molar-refractivity contribution >= 4 is 28.2 Å². The van der Waals surface area contributed by atoms with Gasteiger partial charge in [0.25, 0.3) is 11.5 Å². The highest BCUT2D eigenvalue weighted by Gasteiger charge is 2.46. The topological polar surface area (TPSA) is 85.0 Å².